The minimum absolute atomic E-state index is 0.0324. The Hall–Kier alpha value is -0.720. The van der Waals surface area contributed by atoms with Crippen LogP contribution in [0.3, 0.4) is 0 Å². The van der Waals surface area contributed by atoms with E-state index in [1.165, 1.54) is 0 Å². The van der Waals surface area contributed by atoms with Crippen LogP contribution < -0.4 is 4.90 Å². The molecule has 1 fully saturated rings. The van der Waals surface area contributed by atoms with Gasteiger partial charge in [0.2, 0.25) is 0 Å². The van der Waals surface area contributed by atoms with Gasteiger partial charge in [0, 0.05) is 11.0 Å². The summed E-state index contributed by atoms with van der Waals surface area (Å²) in [5.74, 6) is 0.809. The molecule has 5 nitrogen and oxygen atoms in total. The highest BCUT2D eigenvalue weighted by molar-refractivity contribution is 9.10. The molecule has 1 aromatic rings. The zero-order valence-electron chi connectivity index (χ0n) is 9.01. The fourth-order valence-electron chi connectivity index (χ4n) is 1.72. The number of hydrogen-bond acceptors (Lipinski definition) is 5. The van der Waals surface area contributed by atoms with Crippen LogP contribution in [0.15, 0.2) is 16.7 Å². The molecule has 0 saturated carbocycles. The number of morpholine rings is 1. The molecule has 2 rings (SSSR count). The zero-order chi connectivity index (χ0) is 11.5. The topological polar surface area (TPSA) is 58.5 Å². The van der Waals surface area contributed by atoms with E-state index in [1.54, 1.807) is 6.20 Å². The molecule has 0 amide bonds. The average molecular weight is 288 g/mol. The van der Waals surface area contributed by atoms with E-state index in [9.17, 15) is 0 Å². The first kappa shape index (κ1) is 11.8. The van der Waals surface area contributed by atoms with Gasteiger partial charge in [-0.1, -0.05) is 0 Å². The van der Waals surface area contributed by atoms with Gasteiger partial charge < -0.3 is 14.7 Å². The summed E-state index contributed by atoms with van der Waals surface area (Å²) in [6.45, 7) is 3.34. The van der Waals surface area contributed by atoms with Gasteiger partial charge in [0.05, 0.1) is 31.6 Å². The van der Waals surface area contributed by atoms with Gasteiger partial charge in [-0.15, -0.1) is 5.10 Å². The summed E-state index contributed by atoms with van der Waals surface area (Å²) in [6.07, 6.45) is 1.51. The average Bonchev–Trinajstić information content (AvgIpc) is 2.30. The van der Waals surface area contributed by atoms with Crippen LogP contribution >= 0.6 is 15.9 Å². The van der Waals surface area contributed by atoms with Crippen molar-refractivity contribution in [3.8, 4) is 0 Å². The van der Waals surface area contributed by atoms with Crippen molar-refractivity contribution in [2.75, 3.05) is 24.7 Å². The second-order valence-electron chi connectivity index (χ2n) is 3.87. The van der Waals surface area contributed by atoms with Gasteiger partial charge in [0.25, 0.3) is 0 Å². The van der Waals surface area contributed by atoms with E-state index < -0.39 is 0 Å². The summed E-state index contributed by atoms with van der Waals surface area (Å²) < 4.78 is 6.37. The molecule has 2 atom stereocenters. The van der Waals surface area contributed by atoms with Crippen LogP contribution in [-0.4, -0.2) is 47.2 Å². The third-order valence-corrected chi connectivity index (χ3v) is 3.05. The number of aromatic nitrogens is 2. The summed E-state index contributed by atoms with van der Waals surface area (Å²) in [4.78, 5) is 2.10. The molecule has 1 aliphatic heterocycles. The molecule has 1 N–H and O–H groups in total. The van der Waals surface area contributed by atoms with E-state index in [0.29, 0.717) is 13.2 Å². The first-order chi connectivity index (χ1) is 7.70. The van der Waals surface area contributed by atoms with Crippen LogP contribution in [0.5, 0.6) is 0 Å². The van der Waals surface area contributed by atoms with Crippen LogP contribution in [0.25, 0.3) is 0 Å². The van der Waals surface area contributed by atoms with Gasteiger partial charge in [-0.3, -0.25) is 0 Å². The number of nitrogens with zero attached hydrogens (tertiary/aromatic N) is 3. The highest BCUT2D eigenvalue weighted by Gasteiger charge is 2.26. The van der Waals surface area contributed by atoms with Crippen LogP contribution in [-0.2, 0) is 4.74 Å². The lowest BCUT2D eigenvalue weighted by atomic mass is 10.2. The van der Waals surface area contributed by atoms with E-state index in [0.717, 1.165) is 10.3 Å². The highest BCUT2D eigenvalue weighted by atomic mass is 79.9. The van der Waals surface area contributed by atoms with Crippen LogP contribution in [0.4, 0.5) is 5.82 Å². The summed E-state index contributed by atoms with van der Waals surface area (Å²) in [7, 11) is 0. The molecule has 2 heterocycles. The molecule has 0 radical (unpaired) electrons. The molecule has 0 spiro atoms. The minimum Gasteiger partial charge on any atom is -0.394 e. The Morgan fingerprint density at radius 2 is 2.50 bits per heavy atom. The Morgan fingerprint density at radius 3 is 3.19 bits per heavy atom. The van der Waals surface area contributed by atoms with Crippen molar-refractivity contribution in [2.24, 2.45) is 0 Å². The SMILES string of the molecule is CC1COC(CO)CN1c1cc(Br)cnn1. The predicted molar refractivity (Wildman–Crippen MR) is 63.4 cm³/mol. The second kappa shape index (κ2) is 5.07. The van der Waals surface area contributed by atoms with Crippen LogP contribution in [0, 0.1) is 0 Å². The number of rotatable bonds is 2. The molecule has 1 saturated heterocycles. The largest absolute Gasteiger partial charge is 0.394 e. The summed E-state index contributed by atoms with van der Waals surface area (Å²) >= 11 is 3.37. The molecule has 1 aliphatic rings. The van der Waals surface area contributed by atoms with Crippen molar-refractivity contribution in [3.63, 3.8) is 0 Å². The quantitative estimate of drug-likeness (QED) is 0.873. The molecule has 0 aliphatic carbocycles. The fraction of sp³-hybridized carbons (Fsp3) is 0.600. The van der Waals surface area contributed by atoms with Gasteiger partial charge in [-0.2, -0.15) is 5.10 Å². The number of anilines is 1. The lowest BCUT2D eigenvalue weighted by Gasteiger charge is -2.37. The number of ether oxygens (including phenoxy) is 1. The summed E-state index contributed by atoms with van der Waals surface area (Å²) in [5, 5.41) is 17.1. The number of aliphatic hydroxyl groups is 1. The third kappa shape index (κ3) is 2.50. The van der Waals surface area contributed by atoms with E-state index in [-0.39, 0.29) is 18.8 Å². The smallest absolute Gasteiger partial charge is 0.152 e. The molecule has 6 heteroatoms. The third-order valence-electron chi connectivity index (χ3n) is 2.61. The Bertz CT molecular complexity index is 364. The van der Waals surface area contributed by atoms with Gasteiger partial charge in [-0.05, 0) is 28.9 Å². The van der Waals surface area contributed by atoms with Crippen molar-refractivity contribution in [2.45, 2.75) is 19.1 Å². The minimum atomic E-state index is -0.142. The fourth-order valence-corrected chi connectivity index (χ4v) is 2.02. The Morgan fingerprint density at radius 1 is 1.69 bits per heavy atom. The van der Waals surface area contributed by atoms with E-state index in [2.05, 4.69) is 38.0 Å². The van der Waals surface area contributed by atoms with Crippen molar-refractivity contribution >= 4 is 21.7 Å². The van der Waals surface area contributed by atoms with E-state index in [4.69, 9.17) is 9.84 Å². The zero-order valence-corrected chi connectivity index (χ0v) is 10.6. The maximum Gasteiger partial charge on any atom is 0.152 e. The molecule has 2 unspecified atom stereocenters. The molecule has 1 aromatic heterocycles. The van der Waals surface area contributed by atoms with Crippen LogP contribution in [0.1, 0.15) is 6.92 Å². The Balaban J connectivity index is 2.17. The number of hydrogen-bond donors (Lipinski definition) is 1. The Labute approximate surface area is 103 Å². The highest BCUT2D eigenvalue weighted by Crippen LogP contribution is 2.21. The monoisotopic (exact) mass is 287 g/mol. The lowest BCUT2D eigenvalue weighted by molar-refractivity contribution is -0.0106. The normalized spacial score (nSPS) is 25.8. The Kier molecular flexibility index (Phi) is 3.73. The summed E-state index contributed by atoms with van der Waals surface area (Å²) in [5.41, 5.74) is 0. The van der Waals surface area contributed by atoms with Crippen molar-refractivity contribution < 1.29 is 9.84 Å². The molecule has 16 heavy (non-hydrogen) atoms. The maximum atomic E-state index is 9.10. The van der Waals surface area contributed by atoms with Crippen LogP contribution in [0.2, 0.25) is 0 Å². The predicted octanol–water partition coefficient (Wildman–Crippen LogP) is 0.825. The van der Waals surface area contributed by atoms with Gasteiger partial charge >= 0.3 is 0 Å². The standard InChI is InChI=1S/C10H14BrN3O2/c1-7-6-16-9(5-15)4-14(7)10-2-8(11)3-12-13-10/h2-3,7,9,15H,4-6H2,1H3. The number of aliphatic hydroxyl groups excluding tert-OH is 1. The van der Waals surface area contributed by atoms with Crippen molar-refractivity contribution in [1.82, 2.24) is 10.2 Å². The first-order valence-corrected chi connectivity index (χ1v) is 5.97. The van der Waals surface area contributed by atoms with Gasteiger partial charge in [0.15, 0.2) is 5.82 Å². The molecule has 0 aromatic carbocycles. The second-order valence-corrected chi connectivity index (χ2v) is 4.79. The number of halogens is 1. The van der Waals surface area contributed by atoms with Gasteiger partial charge in [0.1, 0.15) is 0 Å². The van der Waals surface area contributed by atoms with E-state index in [1.807, 2.05) is 6.07 Å². The first-order valence-electron chi connectivity index (χ1n) is 5.18. The lowest BCUT2D eigenvalue weighted by Crippen LogP contribution is -2.50. The summed E-state index contributed by atoms with van der Waals surface area (Å²) in [6, 6.07) is 2.16. The van der Waals surface area contributed by atoms with E-state index >= 15 is 0 Å². The van der Waals surface area contributed by atoms with Crippen molar-refractivity contribution in [3.05, 3.63) is 16.7 Å². The maximum absolute atomic E-state index is 9.10. The molecule has 88 valence electrons. The molecule has 0 bridgehead atoms. The molecular formula is C10H14BrN3O2. The van der Waals surface area contributed by atoms with Crippen molar-refractivity contribution in [1.29, 1.82) is 0 Å². The molecular weight excluding hydrogens is 274 g/mol. The van der Waals surface area contributed by atoms with Gasteiger partial charge in [-0.25, -0.2) is 0 Å².